The number of fused-ring (bicyclic) bond motifs is 1. The Hall–Kier alpha value is -2.55. The summed E-state index contributed by atoms with van der Waals surface area (Å²) in [6, 6.07) is 11.7. The molecule has 0 unspecified atom stereocenters. The van der Waals surface area contributed by atoms with E-state index in [1.54, 1.807) is 36.5 Å². The number of ether oxygens (including phenoxy) is 1. The maximum absolute atomic E-state index is 12.8. The van der Waals surface area contributed by atoms with Crippen LogP contribution in [0.5, 0.6) is 5.75 Å². The van der Waals surface area contributed by atoms with E-state index in [2.05, 4.69) is 0 Å². The average Bonchev–Trinajstić information content (AvgIpc) is 3.15. The first kappa shape index (κ1) is 20.7. The SMILES string of the molecule is COc1ccc2c(CC(=O)N3CCN(S(=O)(=O)c4cccc(Cl)c4)CC3)coc2c1. The largest absolute Gasteiger partial charge is 0.497 e. The van der Waals surface area contributed by atoms with Crippen LogP contribution < -0.4 is 4.74 Å². The highest BCUT2D eigenvalue weighted by Gasteiger charge is 2.30. The van der Waals surface area contributed by atoms with E-state index in [1.807, 2.05) is 12.1 Å². The van der Waals surface area contributed by atoms with Crippen LogP contribution in [-0.4, -0.2) is 56.8 Å². The normalized spacial score (nSPS) is 15.5. The first-order chi connectivity index (χ1) is 14.4. The molecule has 1 aliphatic heterocycles. The molecule has 0 saturated carbocycles. The van der Waals surface area contributed by atoms with Crippen LogP contribution in [-0.2, 0) is 21.2 Å². The fourth-order valence-corrected chi connectivity index (χ4v) is 5.28. The first-order valence-corrected chi connectivity index (χ1v) is 11.3. The van der Waals surface area contributed by atoms with Gasteiger partial charge >= 0.3 is 0 Å². The van der Waals surface area contributed by atoms with E-state index < -0.39 is 10.0 Å². The molecule has 4 rings (SSSR count). The number of hydrogen-bond donors (Lipinski definition) is 0. The Kier molecular flexibility index (Phi) is 5.73. The van der Waals surface area contributed by atoms with E-state index >= 15 is 0 Å². The van der Waals surface area contributed by atoms with Crippen molar-refractivity contribution in [3.63, 3.8) is 0 Å². The fourth-order valence-electron chi connectivity index (χ4n) is 3.56. The number of nitrogens with zero attached hydrogens (tertiary/aromatic N) is 2. The highest BCUT2D eigenvalue weighted by Crippen LogP contribution is 2.26. The Morgan fingerprint density at radius 3 is 2.60 bits per heavy atom. The van der Waals surface area contributed by atoms with Gasteiger partial charge in [0.05, 0.1) is 24.7 Å². The zero-order valence-corrected chi connectivity index (χ0v) is 17.9. The molecule has 7 nitrogen and oxygen atoms in total. The smallest absolute Gasteiger partial charge is 0.243 e. The van der Waals surface area contributed by atoms with Crippen molar-refractivity contribution in [1.82, 2.24) is 9.21 Å². The molecule has 0 aliphatic carbocycles. The number of benzene rings is 2. The Balaban J connectivity index is 1.41. The lowest BCUT2D eigenvalue weighted by Crippen LogP contribution is -2.50. The zero-order valence-electron chi connectivity index (χ0n) is 16.4. The van der Waals surface area contributed by atoms with Crippen molar-refractivity contribution in [1.29, 1.82) is 0 Å². The summed E-state index contributed by atoms with van der Waals surface area (Å²) in [5.74, 6) is 0.625. The molecule has 0 spiro atoms. The number of hydrogen-bond acceptors (Lipinski definition) is 5. The average molecular weight is 449 g/mol. The van der Waals surface area contributed by atoms with Crippen LogP contribution in [0.15, 0.2) is 58.0 Å². The van der Waals surface area contributed by atoms with Gasteiger partial charge in [0.15, 0.2) is 0 Å². The molecular weight excluding hydrogens is 428 g/mol. The molecule has 2 heterocycles. The summed E-state index contributed by atoms with van der Waals surface area (Å²) in [6.07, 6.45) is 1.78. The molecule has 1 fully saturated rings. The Bertz CT molecular complexity index is 1180. The van der Waals surface area contributed by atoms with Gasteiger partial charge in [0.2, 0.25) is 15.9 Å². The van der Waals surface area contributed by atoms with Crippen LogP contribution in [0.1, 0.15) is 5.56 Å². The predicted molar refractivity (Wildman–Crippen MR) is 113 cm³/mol. The van der Waals surface area contributed by atoms with Crippen molar-refractivity contribution < 1.29 is 22.4 Å². The lowest BCUT2D eigenvalue weighted by Gasteiger charge is -2.34. The van der Waals surface area contributed by atoms with Gasteiger partial charge in [-0.25, -0.2) is 8.42 Å². The topological polar surface area (TPSA) is 80.1 Å². The van der Waals surface area contributed by atoms with Crippen LogP contribution in [0.2, 0.25) is 5.02 Å². The molecule has 0 atom stereocenters. The second-order valence-corrected chi connectivity index (χ2v) is 9.42. The van der Waals surface area contributed by atoms with Crippen molar-refractivity contribution in [2.75, 3.05) is 33.3 Å². The second-order valence-electron chi connectivity index (χ2n) is 7.04. The third-order valence-electron chi connectivity index (χ3n) is 5.23. The minimum Gasteiger partial charge on any atom is -0.497 e. The Labute approximate surface area is 179 Å². The van der Waals surface area contributed by atoms with Crippen LogP contribution >= 0.6 is 11.6 Å². The maximum Gasteiger partial charge on any atom is 0.243 e. The van der Waals surface area contributed by atoms with Crippen molar-refractivity contribution in [2.45, 2.75) is 11.3 Å². The van der Waals surface area contributed by atoms with E-state index in [4.69, 9.17) is 20.8 Å². The third kappa shape index (κ3) is 4.03. The quantitative estimate of drug-likeness (QED) is 0.599. The number of carbonyl (C=O) groups is 1. The molecular formula is C21H21ClN2O5S. The highest BCUT2D eigenvalue weighted by molar-refractivity contribution is 7.89. The zero-order chi connectivity index (χ0) is 21.3. The van der Waals surface area contributed by atoms with Crippen molar-refractivity contribution in [3.05, 3.63) is 59.3 Å². The number of rotatable bonds is 5. The summed E-state index contributed by atoms with van der Waals surface area (Å²) >= 11 is 5.93. The number of furan rings is 1. The maximum atomic E-state index is 12.8. The van der Waals surface area contributed by atoms with Gasteiger partial charge in [-0.2, -0.15) is 4.31 Å². The van der Waals surface area contributed by atoms with Crippen molar-refractivity contribution in [3.8, 4) is 5.75 Å². The second kappa shape index (κ2) is 8.29. The Morgan fingerprint density at radius 2 is 1.90 bits per heavy atom. The lowest BCUT2D eigenvalue weighted by molar-refractivity contribution is -0.131. The van der Waals surface area contributed by atoms with Crippen LogP contribution in [0, 0.1) is 0 Å². The molecule has 1 saturated heterocycles. The molecule has 1 aliphatic rings. The molecule has 3 aromatic rings. The van der Waals surface area contributed by atoms with Crippen molar-refractivity contribution >= 4 is 38.5 Å². The number of amides is 1. The fraction of sp³-hybridized carbons (Fsp3) is 0.286. The van der Waals surface area contributed by atoms with Gasteiger partial charge in [0.1, 0.15) is 11.3 Å². The minimum atomic E-state index is -3.63. The Morgan fingerprint density at radius 1 is 1.13 bits per heavy atom. The lowest BCUT2D eigenvalue weighted by atomic mass is 10.1. The predicted octanol–water partition coefficient (Wildman–Crippen LogP) is 3.17. The number of halogens is 1. The van der Waals surface area contributed by atoms with Gasteiger partial charge in [-0.3, -0.25) is 4.79 Å². The minimum absolute atomic E-state index is 0.0617. The molecule has 1 amide bonds. The summed E-state index contributed by atoms with van der Waals surface area (Å²) in [7, 11) is -2.05. The highest BCUT2D eigenvalue weighted by atomic mass is 35.5. The van der Waals surface area contributed by atoms with E-state index in [-0.39, 0.29) is 30.3 Å². The van der Waals surface area contributed by atoms with Gasteiger partial charge in [0, 0.05) is 48.2 Å². The van der Waals surface area contributed by atoms with Gasteiger partial charge in [-0.1, -0.05) is 17.7 Å². The summed E-state index contributed by atoms with van der Waals surface area (Å²) in [4.78, 5) is 14.6. The molecule has 2 aromatic carbocycles. The molecule has 30 heavy (non-hydrogen) atoms. The standard InChI is InChI=1S/C21H21ClN2O5S/c1-28-17-5-6-19-15(14-29-20(19)13-17)11-21(25)23-7-9-24(10-8-23)30(26,27)18-4-2-3-16(22)12-18/h2-6,12-14H,7-11H2,1H3. The monoisotopic (exact) mass is 448 g/mol. The first-order valence-electron chi connectivity index (χ1n) is 9.46. The van der Waals surface area contributed by atoms with E-state index in [0.29, 0.717) is 29.4 Å². The number of sulfonamides is 1. The summed E-state index contributed by atoms with van der Waals surface area (Å²) < 4.78 is 37.8. The molecule has 0 radical (unpaired) electrons. The number of carbonyl (C=O) groups excluding carboxylic acids is 1. The molecule has 158 valence electrons. The molecule has 9 heteroatoms. The van der Waals surface area contributed by atoms with Crippen LogP contribution in [0.3, 0.4) is 0 Å². The van der Waals surface area contributed by atoms with Crippen molar-refractivity contribution in [2.24, 2.45) is 0 Å². The van der Waals surface area contributed by atoms with Gasteiger partial charge in [-0.15, -0.1) is 0 Å². The van der Waals surface area contributed by atoms with Gasteiger partial charge in [0.25, 0.3) is 0 Å². The van der Waals surface area contributed by atoms with Crippen LogP contribution in [0.25, 0.3) is 11.0 Å². The van der Waals surface area contributed by atoms with Gasteiger partial charge < -0.3 is 14.1 Å². The van der Waals surface area contributed by atoms with E-state index in [1.165, 1.54) is 16.4 Å². The molecule has 0 N–H and O–H groups in total. The molecule has 1 aromatic heterocycles. The number of methoxy groups -OCH3 is 1. The van der Waals surface area contributed by atoms with Gasteiger partial charge in [-0.05, 0) is 30.3 Å². The van der Waals surface area contributed by atoms with Crippen LogP contribution in [0.4, 0.5) is 0 Å². The third-order valence-corrected chi connectivity index (χ3v) is 7.36. The molecule has 0 bridgehead atoms. The summed E-state index contributed by atoms with van der Waals surface area (Å²) in [6.45, 7) is 1.15. The summed E-state index contributed by atoms with van der Waals surface area (Å²) in [5.41, 5.74) is 1.46. The summed E-state index contributed by atoms with van der Waals surface area (Å²) in [5, 5.41) is 1.24. The van der Waals surface area contributed by atoms with E-state index in [0.717, 1.165) is 10.9 Å². The van der Waals surface area contributed by atoms with E-state index in [9.17, 15) is 13.2 Å². The number of piperazine rings is 1.